The molecule has 0 spiro atoms. The molecule has 0 bridgehead atoms. The van der Waals surface area contributed by atoms with Crippen molar-refractivity contribution in [2.75, 3.05) is 0 Å². The van der Waals surface area contributed by atoms with E-state index in [4.69, 9.17) is 0 Å². The zero-order chi connectivity index (χ0) is 23.6. The van der Waals surface area contributed by atoms with E-state index >= 15 is 0 Å². The fourth-order valence-corrected chi connectivity index (χ4v) is 18.4. The molecule has 0 aliphatic carbocycles. The second-order valence-electron chi connectivity index (χ2n) is 4.90. The number of alkyl halides is 19. The Bertz CT molecular complexity index is 561. The van der Waals surface area contributed by atoms with Gasteiger partial charge in [0.15, 0.2) is 2.14 Å². The maximum Gasteiger partial charge on any atom is 0.162 e. The predicted octanol–water partition coefficient (Wildman–Crippen LogP) is 14.3. The minimum Gasteiger partial charge on any atom is -0.0831 e. The first-order chi connectivity index (χ1) is 11.7. The van der Waals surface area contributed by atoms with Gasteiger partial charge in [-0.25, -0.2) is 0 Å². The monoisotopic (exact) mass is 1610 g/mol. The van der Waals surface area contributed by atoms with Crippen molar-refractivity contribution < 1.29 is 0 Å². The van der Waals surface area contributed by atoms with Gasteiger partial charge in [-0.1, -0.05) is 303 Å². The summed E-state index contributed by atoms with van der Waals surface area (Å²) < 4.78 is -6.94. The maximum absolute atomic E-state index is 3.85. The standard InChI is InChI=1S/C9HBr19/c10-1(3(13,14)15)2(11,12)4(16,17)5(18,19)6(20,21)7(22,23)8(24,25)9(26,27)28/h1H. The number of halogens is 19. The molecular formula is C9HBr19. The van der Waals surface area contributed by atoms with E-state index in [1.165, 1.54) is 0 Å². The van der Waals surface area contributed by atoms with E-state index in [-0.39, 0.29) is 4.83 Å². The van der Waals surface area contributed by atoms with Crippen LogP contribution < -0.4 is 0 Å². The molecule has 0 saturated carbocycles. The highest BCUT2D eigenvalue weighted by molar-refractivity contribution is 9.42. The Hall–Kier alpha value is 9.12. The Kier molecular flexibility index (Phi) is 16.3. The second-order valence-corrected chi connectivity index (χ2v) is 40.3. The molecule has 0 aromatic rings. The van der Waals surface area contributed by atoms with Crippen molar-refractivity contribution in [3.63, 3.8) is 0 Å². The first kappa shape index (κ1) is 37.1. The lowest BCUT2D eigenvalue weighted by atomic mass is 10.1. The van der Waals surface area contributed by atoms with Gasteiger partial charge in [-0.2, -0.15) is 0 Å². The minimum absolute atomic E-state index is 0.267. The summed E-state index contributed by atoms with van der Waals surface area (Å²) in [7, 11) is 0. The van der Waals surface area contributed by atoms with E-state index < -0.39 is 23.7 Å². The molecule has 19 heteroatoms. The van der Waals surface area contributed by atoms with Crippen LogP contribution in [0.3, 0.4) is 0 Å². The van der Waals surface area contributed by atoms with Crippen LogP contribution >= 0.6 is 303 Å². The van der Waals surface area contributed by atoms with Crippen molar-refractivity contribution in [1.29, 1.82) is 0 Å². The van der Waals surface area contributed by atoms with E-state index in [0.29, 0.717) is 0 Å². The molecule has 0 amide bonds. The van der Waals surface area contributed by atoms with Crippen molar-refractivity contribution in [1.82, 2.24) is 0 Å². The molecule has 0 aliphatic rings. The van der Waals surface area contributed by atoms with E-state index in [1.807, 2.05) is 0 Å². The molecule has 0 aliphatic heterocycles. The van der Waals surface area contributed by atoms with Gasteiger partial charge < -0.3 is 0 Å². The van der Waals surface area contributed by atoms with Crippen LogP contribution in [0.5, 0.6) is 0 Å². The van der Waals surface area contributed by atoms with Crippen LogP contribution in [0.4, 0.5) is 0 Å². The highest BCUT2D eigenvalue weighted by Crippen LogP contribution is 2.77. The summed E-state index contributed by atoms with van der Waals surface area (Å²) in [5.41, 5.74) is 0. The Morgan fingerprint density at radius 1 is 0.357 bits per heavy atom. The third-order valence-electron chi connectivity index (χ3n) is 2.96. The van der Waals surface area contributed by atoms with Crippen LogP contribution in [0.2, 0.25) is 0 Å². The molecule has 0 aromatic heterocycles. The molecule has 28 heavy (non-hydrogen) atoms. The van der Waals surface area contributed by atoms with Gasteiger partial charge in [-0.05, 0) is 0 Å². The smallest absolute Gasteiger partial charge is 0.0831 e. The lowest BCUT2D eigenvalue weighted by Gasteiger charge is -2.57. The third-order valence-corrected chi connectivity index (χ3v) is 38.5. The van der Waals surface area contributed by atoms with Crippen LogP contribution in [0, 0.1) is 0 Å². The van der Waals surface area contributed by atoms with Crippen LogP contribution in [0.25, 0.3) is 0 Å². The molecule has 170 valence electrons. The molecule has 0 saturated heterocycles. The second kappa shape index (κ2) is 12.3. The Labute approximate surface area is 323 Å². The largest absolute Gasteiger partial charge is 0.162 e. The molecule has 0 fully saturated rings. The minimum atomic E-state index is -0.979. The summed E-state index contributed by atoms with van der Waals surface area (Å²) >= 11 is 70.8. The van der Waals surface area contributed by atoms with Gasteiger partial charge in [-0.3, -0.25) is 0 Å². The van der Waals surface area contributed by atoms with Gasteiger partial charge in [0.2, 0.25) is 0 Å². The third kappa shape index (κ3) is 7.25. The van der Waals surface area contributed by atoms with Crippen LogP contribution in [-0.2, 0) is 0 Å². The summed E-state index contributed by atoms with van der Waals surface area (Å²) in [6, 6.07) is 0. The molecular weight excluding hydrogens is 1630 g/mol. The summed E-state index contributed by atoms with van der Waals surface area (Å²) in [6.45, 7) is 0. The lowest BCUT2D eigenvalue weighted by Crippen LogP contribution is -2.67. The average Bonchev–Trinajstić information content (AvgIpc) is 2.42. The van der Waals surface area contributed by atoms with E-state index in [0.717, 1.165) is 0 Å². The fraction of sp³-hybridized carbons (Fsp3) is 1.00. The first-order valence-corrected chi connectivity index (χ1v) is 20.9. The summed E-state index contributed by atoms with van der Waals surface area (Å²) in [6.07, 6.45) is 0. The van der Waals surface area contributed by atoms with Crippen molar-refractivity contribution in [3.05, 3.63) is 0 Å². The zero-order valence-corrected chi connectivity index (χ0v) is 41.9. The van der Waals surface area contributed by atoms with Gasteiger partial charge in [-0.15, -0.1) is 0 Å². The van der Waals surface area contributed by atoms with Crippen molar-refractivity contribution >= 4 is 303 Å². The Morgan fingerprint density at radius 3 is 0.857 bits per heavy atom. The first-order valence-electron chi connectivity index (χ1n) is 5.70. The summed E-state index contributed by atoms with van der Waals surface area (Å²) in [5, 5.41) is 0. The van der Waals surface area contributed by atoms with Crippen molar-refractivity contribution in [2.45, 2.75) is 28.5 Å². The molecule has 0 N–H and O–H groups in total. The van der Waals surface area contributed by atoms with Gasteiger partial charge in [0, 0.05) is 0 Å². The average molecular weight is 1630 g/mol. The molecule has 0 radical (unpaired) electrons. The molecule has 0 heterocycles. The van der Waals surface area contributed by atoms with E-state index in [9.17, 15) is 0 Å². The number of hydrogen-bond donors (Lipinski definition) is 0. The highest BCUT2D eigenvalue weighted by atomic mass is 80.0. The fourth-order valence-electron chi connectivity index (χ4n) is 1.34. The number of rotatable bonds is 6. The lowest BCUT2D eigenvalue weighted by molar-refractivity contribution is 0.593. The molecule has 0 rings (SSSR count). The zero-order valence-electron chi connectivity index (χ0n) is 11.8. The van der Waals surface area contributed by atoms with Crippen molar-refractivity contribution in [2.24, 2.45) is 0 Å². The van der Waals surface area contributed by atoms with Gasteiger partial charge in [0.05, 0.1) is 4.83 Å². The van der Waals surface area contributed by atoms with Crippen LogP contribution in [0.1, 0.15) is 0 Å². The topological polar surface area (TPSA) is 0 Å². The quantitative estimate of drug-likeness (QED) is 0.233. The van der Waals surface area contributed by atoms with Crippen molar-refractivity contribution in [3.8, 4) is 0 Å². The normalized spacial score (nSPS) is 17.7. The van der Waals surface area contributed by atoms with E-state index in [1.54, 1.807) is 0 Å². The SMILES string of the molecule is BrC(C(Br)(Br)Br)C(Br)(Br)C(Br)(Br)C(Br)(Br)C(Br)(Br)C(Br)(Br)C(Br)(Br)C(Br)(Br)Br. The summed E-state index contributed by atoms with van der Waals surface area (Å²) in [4.78, 5) is -0.267. The van der Waals surface area contributed by atoms with Crippen LogP contribution in [-0.4, -0.2) is 28.5 Å². The Balaban J connectivity index is 6.64. The highest BCUT2D eigenvalue weighted by Gasteiger charge is 2.76. The molecule has 0 aromatic carbocycles. The molecule has 0 nitrogen and oxygen atoms in total. The van der Waals surface area contributed by atoms with Gasteiger partial charge in [0.25, 0.3) is 0 Å². The molecule has 1 atom stereocenters. The Morgan fingerprint density at radius 2 is 0.607 bits per heavy atom. The van der Waals surface area contributed by atoms with Gasteiger partial charge in [0.1, 0.15) is 21.5 Å². The summed E-state index contributed by atoms with van der Waals surface area (Å²) in [5.74, 6) is 0. The van der Waals surface area contributed by atoms with Crippen LogP contribution in [0.15, 0.2) is 0 Å². The maximum atomic E-state index is 3.85. The predicted molar refractivity (Wildman–Crippen MR) is 195 cm³/mol. The van der Waals surface area contributed by atoms with Gasteiger partial charge >= 0.3 is 0 Å². The van der Waals surface area contributed by atoms with E-state index in [2.05, 4.69) is 303 Å². The number of hydrogen-bond acceptors (Lipinski definition) is 0. The molecule has 1 unspecified atom stereocenters.